The van der Waals surface area contributed by atoms with Crippen molar-refractivity contribution in [2.75, 3.05) is 0 Å². The van der Waals surface area contributed by atoms with Gasteiger partial charge in [0.2, 0.25) is 0 Å². The second-order valence-corrected chi connectivity index (χ2v) is 4.15. The molecule has 0 aliphatic heterocycles. The van der Waals surface area contributed by atoms with E-state index in [0.29, 0.717) is 0 Å². The van der Waals surface area contributed by atoms with E-state index in [1.165, 1.54) is 0 Å². The van der Waals surface area contributed by atoms with Gasteiger partial charge in [0, 0.05) is 6.04 Å². The van der Waals surface area contributed by atoms with Gasteiger partial charge in [0.05, 0.1) is 11.5 Å². The average Bonchev–Trinajstić information content (AvgIpc) is 2.18. The summed E-state index contributed by atoms with van der Waals surface area (Å²) in [7, 11) is 0. The van der Waals surface area contributed by atoms with Crippen molar-refractivity contribution < 1.29 is 0 Å². The molecule has 0 fully saturated rings. The number of rotatable bonds is 2. The Labute approximate surface area is 97.5 Å². The Morgan fingerprint density at radius 1 is 1.40 bits per heavy atom. The fourth-order valence-electron chi connectivity index (χ4n) is 1.28. The lowest BCUT2D eigenvalue weighted by Gasteiger charge is -2.17. The minimum absolute atomic E-state index is 0. The van der Waals surface area contributed by atoms with Gasteiger partial charge in [-0.1, -0.05) is 24.3 Å². The fourth-order valence-corrected chi connectivity index (χ4v) is 1.28. The largest absolute Gasteiger partial charge is 0.324 e. The number of nitrogens with zero attached hydrogens (tertiary/aromatic N) is 1. The van der Waals surface area contributed by atoms with Gasteiger partial charge in [0.1, 0.15) is 0 Å². The predicted molar refractivity (Wildman–Crippen MR) is 64.9 cm³/mol. The van der Waals surface area contributed by atoms with Gasteiger partial charge in [-0.25, -0.2) is 0 Å². The molecule has 1 rings (SSSR count). The van der Waals surface area contributed by atoms with E-state index in [2.05, 4.69) is 6.07 Å². The summed E-state index contributed by atoms with van der Waals surface area (Å²) in [5.74, 6) is 0. The molecule has 1 atom stereocenters. The third-order valence-corrected chi connectivity index (χ3v) is 2.41. The molecule has 2 N–H and O–H groups in total. The maximum Gasteiger partial charge on any atom is 0.0766 e. The molecule has 0 unspecified atom stereocenters. The van der Waals surface area contributed by atoms with Crippen LogP contribution in [-0.4, -0.2) is 0 Å². The van der Waals surface area contributed by atoms with Crippen molar-refractivity contribution in [2.24, 2.45) is 5.73 Å². The third-order valence-electron chi connectivity index (χ3n) is 2.41. The van der Waals surface area contributed by atoms with Crippen LogP contribution in [0.25, 0.3) is 0 Å². The van der Waals surface area contributed by atoms with Crippen molar-refractivity contribution in [3.8, 4) is 6.07 Å². The molecule has 0 amide bonds. The van der Waals surface area contributed by atoms with Crippen molar-refractivity contribution in [1.29, 1.82) is 5.26 Å². The smallest absolute Gasteiger partial charge is 0.0766 e. The number of hydrogen-bond acceptors (Lipinski definition) is 2. The van der Waals surface area contributed by atoms with Crippen molar-refractivity contribution >= 4 is 12.4 Å². The van der Waals surface area contributed by atoms with E-state index in [9.17, 15) is 0 Å². The maximum atomic E-state index is 9.00. The number of benzene rings is 1. The molecule has 0 saturated carbocycles. The van der Waals surface area contributed by atoms with Crippen molar-refractivity contribution in [1.82, 2.24) is 0 Å². The molecule has 1 aromatic rings. The van der Waals surface area contributed by atoms with Crippen molar-refractivity contribution in [3.05, 3.63) is 35.4 Å². The minimum Gasteiger partial charge on any atom is -0.324 e. The molecule has 0 aliphatic carbocycles. The summed E-state index contributed by atoms with van der Waals surface area (Å²) < 4.78 is 0. The summed E-state index contributed by atoms with van der Waals surface area (Å²) in [6.07, 6.45) is 0. The van der Waals surface area contributed by atoms with Crippen LogP contribution >= 0.6 is 12.4 Å². The summed E-state index contributed by atoms with van der Waals surface area (Å²) >= 11 is 0. The van der Waals surface area contributed by atoms with E-state index in [1.807, 2.05) is 45.0 Å². The Kier molecular flexibility index (Phi) is 4.80. The SMILES string of the molecule is C[C@@H](N)c1cccc(C(C)(C)C#N)c1.Cl. The second kappa shape index (κ2) is 5.16. The Bertz CT molecular complexity index is 364. The average molecular weight is 225 g/mol. The Balaban J connectivity index is 0.00000196. The summed E-state index contributed by atoms with van der Waals surface area (Å²) in [4.78, 5) is 0. The molecule has 0 heterocycles. The molecule has 15 heavy (non-hydrogen) atoms. The highest BCUT2D eigenvalue weighted by Gasteiger charge is 2.19. The number of hydrogen-bond donors (Lipinski definition) is 1. The normalized spacial score (nSPS) is 12.5. The van der Waals surface area contributed by atoms with Crippen LogP contribution in [0.1, 0.15) is 37.9 Å². The molecule has 82 valence electrons. The van der Waals surface area contributed by atoms with Gasteiger partial charge in [-0.05, 0) is 31.9 Å². The van der Waals surface area contributed by atoms with Crippen LogP contribution in [0.4, 0.5) is 0 Å². The predicted octanol–water partition coefficient (Wildman–Crippen LogP) is 2.93. The van der Waals surface area contributed by atoms with Crippen LogP contribution in [0, 0.1) is 11.3 Å². The zero-order valence-corrected chi connectivity index (χ0v) is 10.1. The highest BCUT2D eigenvalue weighted by atomic mass is 35.5. The maximum absolute atomic E-state index is 9.00. The third kappa shape index (κ3) is 3.23. The minimum atomic E-state index is -0.440. The van der Waals surface area contributed by atoms with E-state index in [-0.39, 0.29) is 18.4 Å². The van der Waals surface area contributed by atoms with Crippen LogP contribution in [-0.2, 0) is 5.41 Å². The number of nitriles is 1. The first-order valence-electron chi connectivity index (χ1n) is 4.74. The van der Waals surface area contributed by atoms with Gasteiger partial charge in [0.15, 0.2) is 0 Å². The second-order valence-electron chi connectivity index (χ2n) is 4.15. The van der Waals surface area contributed by atoms with Gasteiger partial charge in [0.25, 0.3) is 0 Å². The molecule has 0 bridgehead atoms. The van der Waals surface area contributed by atoms with Gasteiger partial charge in [-0.3, -0.25) is 0 Å². The first kappa shape index (κ1) is 14.0. The van der Waals surface area contributed by atoms with Gasteiger partial charge in [-0.2, -0.15) is 5.26 Å². The molecule has 2 nitrogen and oxygen atoms in total. The lowest BCUT2D eigenvalue weighted by Crippen LogP contribution is -2.15. The molecule has 1 aromatic carbocycles. The molecule has 0 aliphatic rings. The van der Waals surface area contributed by atoms with Gasteiger partial charge >= 0.3 is 0 Å². The molecule has 0 radical (unpaired) electrons. The molecule has 0 saturated heterocycles. The van der Waals surface area contributed by atoms with Crippen LogP contribution < -0.4 is 5.73 Å². The lowest BCUT2D eigenvalue weighted by molar-refractivity contribution is 0.682. The van der Waals surface area contributed by atoms with Crippen LogP contribution in [0.2, 0.25) is 0 Å². The molecular weight excluding hydrogens is 208 g/mol. The van der Waals surface area contributed by atoms with Gasteiger partial charge < -0.3 is 5.73 Å². The summed E-state index contributed by atoms with van der Waals surface area (Å²) in [6, 6.07) is 10.2. The lowest BCUT2D eigenvalue weighted by atomic mass is 9.85. The number of nitrogens with two attached hydrogens (primary N) is 1. The Morgan fingerprint density at radius 3 is 2.47 bits per heavy atom. The molecule has 0 aromatic heterocycles. The Morgan fingerprint density at radius 2 is 2.00 bits per heavy atom. The first-order chi connectivity index (χ1) is 6.47. The Hall–Kier alpha value is -1.04. The van der Waals surface area contributed by atoms with E-state index >= 15 is 0 Å². The van der Waals surface area contributed by atoms with Crippen LogP contribution in [0.15, 0.2) is 24.3 Å². The monoisotopic (exact) mass is 224 g/mol. The highest BCUT2D eigenvalue weighted by molar-refractivity contribution is 5.85. The topological polar surface area (TPSA) is 49.8 Å². The van der Waals surface area contributed by atoms with Crippen LogP contribution in [0.3, 0.4) is 0 Å². The molecule has 0 spiro atoms. The standard InChI is InChI=1S/C12H16N2.ClH/c1-9(14)10-5-4-6-11(7-10)12(2,3)8-13;/h4-7,9H,14H2,1-3H3;1H/t9-;/m1./s1. The zero-order chi connectivity index (χ0) is 10.8. The summed E-state index contributed by atoms with van der Waals surface area (Å²) in [5, 5.41) is 9.00. The van der Waals surface area contributed by atoms with E-state index in [4.69, 9.17) is 11.0 Å². The van der Waals surface area contributed by atoms with Crippen molar-refractivity contribution in [3.63, 3.8) is 0 Å². The quantitative estimate of drug-likeness (QED) is 0.840. The number of halogens is 1. The summed E-state index contributed by atoms with van der Waals surface area (Å²) in [6.45, 7) is 5.76. The first-order valence-corrected chi connectivity index (χ1v) is 4.74. The zero-order valence-electron chi connectivity index (χ0n) is 9.32. The fraction of sp³-hybridized carbons (Fsp3) is 0.417. The van der Waals surface area contributed by atoms with E-state index < -0.39 is 5.41 Å². The molecular formula is C12H17ClN2. The van der Waals surface area contributed by atoms with Crippen LogP contribution in [0.5, 0.6) is 0 Å². The van der Waals surface area contributed by atoms with E-state index in [1.54, 1.807) is 0 Å². The molecule has 3 heteroatoms. The highest BCUT2D eigenvalue weighted by Crippen LogP contribution is 2.24. The van der Waals surface area contributed by atoms with E-state index in [0.717, 1.165) is 11.1 Å². The van der Waals surface area contributed by atoms with Crippen molar-refractivity contribution in [2.45, 2.75) is 32.2 Å². The summed E-state index contributed by atoms with van der Waals surface area (Å²) in [5.41, 5.74) is 7.44. The van der Waals surface area contributed by atoms with Gasteiger partial charge in [-0.15, -0.1) is 12.4 Å².